The molecule has 0 unspecified atom stereocenters. The summed E-state index contributed by atoms with van der Waals surface area (Å²) in [6, 6.07) is 6.13. The third-order valence-corrected chi connectivity index (χ3v) is 3.04. The van der Waals surface area contributed by atoms with Gasteiger partial charge in [0.2, 0.25) is 0 Å². The monoisotopic (exact) mass is 218 g/mol. The normalized spacial score (nSPS) is 10.1. The Morgan fingerprint density at radius 2 is 2.47 bits per heavy atom. The molecule has 0 N–H and O–H groups in total. The summed E-state index contributed by atoms with van der Waals surface area (Å²) in [6.45, 7) is 2.74. The van der Waals surface area contributed by atoms with Gasteiger partial charge in [0.05, 0.1) is 5.69 Å². The predicted octanol–water partition coefficient (Wildman–Crippen LogP) is 1.82. The highest BCUT2D eigenvalue weighted by Gasteiger charge is 2.12. The Hall–Kier alpha value is -1.67. The molecule has 2 aromatic heterocycles. The first kappa shape index (κ1) is 9.87. The molecular weight excluding hydrogens is 208 g/mol. The number of hydrogen-bond donors (Lipinski definition) is 0. The zero-order chi connectivity index (χ0) is 10.7. The number of aromatic nitrogens is 3. The molecule has 2 aromatic rings. The van der Waals surface area contributed by atoms with Gasteiger partial charge in [0.25, 0.3) is 0 Å². The minimum absolute atomic E-state index is 0.435. The Bertz CT molecular complexity index is 478. The van der Waals surface area contributed by atoms with Crippen LogP contribution in [0.1, 0.15) is 23.2 Å². The van der Waals surface area contributed by atoms with Crippen LogP contribution in [0.4, 0.5) is 0 Å². The fourth-order valence-electron chi connectivity index (χ4n) is 1.43. The summed E-state index contributed by atoms with van der Waals surface area (Å²) in [7, 11) is 0. The van der Waals surface area contributed by atoms with Gasteiger partial charge in [-0.15, -0.1) is 16.4 Å². The van der Waals surface area contributed by atoms with E-state index in [1.54, 1.807) is 16.0 Å². The van der Waals surface area contributed by atoms with Gasteiger partial charge in [-0.3, -0.25) is 0 Å². The third-order valence-electron chi connectivity index (χ3n) is 2.16. The van der Waals surface area contributed by atoms with Gasteiger partial charge in [-0.2, -0.15) is 5.26 Å². The van der Waals surface area contributed by atoms with Gasteiger partial charge in [0.1, 0.15) is 6.07 Å². The van der Waals surface area contributed by atoms with Crippen LogP contribution < -0.4 is 0 Å². The van der Waals surface area contributed by atoms with Gasteiger partial charge in [-0.25, -0.2) is 4.68 Å². The van der Waals surface area contributed by atoms with Gasteiger partial charge in [-0.1, -0.05) is 11.3 Å². The average Bonchev–Trinajstić information content (AvgIpc) is 2.87. The number of nitriles is 1. The summed E-state index contributed by atoms with van der Waals surface area (Å²) in [5.41, 5.74) is 1.34. The van der Waals surface area contributed by atoms with Gasteiger partial charge in [-0.05, 0) is 18.4 Å². The smallest absolute Gasteiger partial charge is 0.186 e. The molecule has 0 aromatic carbocycles. The van der Waals surface area contributed by atoms with E-state index in [-0.39, 0.29) is 0 Å². The molecular formula is C10H10N4S. The molecule has 0 aliphatic carbocycles. The lowest BCUT2D eigenvalue weighted by molar-refractivity contribution is 0.604. The van der Waals surface area contributed by atoms with Crippen molar-refractivity contribution in [3.63, 3.8) is 0 Å². The lowest BCUT2D eigenvalue weighted by Gasteiger charge is -2.01. The Kier molecular flexibility index (Phi) is 2.79. The number of nitrogens with zero attached hydrogens (tertiary/aromatic N) is 4. The van der Waals surface area contributed by atoms with Crippen LogP contribution in [0.3, 0.4) is 0 Å². The summed E-state index contributed by atoms with van der Waals surface area (Å²) < 4.78 is 1.78. The molecule has 0 saturated carbocycles. The fraction of sp³-hybridized carbons (Fsp3) is 0.300. The minimum Gasteiger partial charge on any atom is -0.248 e. The first-order valence-electron chi connectivity index (χ1n) is 4.70. The molecule has 0 radical (unpaired) electrons. The van der Waals surface area contributed by atoms with Gasteiger partial charge < -0.3 is 0 Å². The van der Waals surface area contributed by atoms with Crippen LogP contribution in [0.2, 0.25) is 0 Å². The van der Waals surface area contributed by atoms with Crippen LogP contribution in [0.15, 0.2) is 17.5 Å². The molecule has 76 valence electrons. The van der Waals surface area contributed by atoms with E-state index in [1.165, 1.54) is 4.88 Å². The quantitative estimate of drug-likeness (QED) is 0.789. The first-order chi connectivity index (χ1) is 7.35. The van der Waals surface area contributed by atoms with E-state index < -0.39 is 0 Å². The van der Waals surface area contributed by atoms with Gasteiger partial charge >= 0.3 is 0 Å². The van der Waals surface area contributed by atoms with Crippen molar-refractivity contribution in [3.05, 3.63) is 33.8 Å². The summed E-state index contributed by atoms with van der Waals surface area (Å²) in [4.78, 5) is 1.23. The van der Waals surface area contributed by atoms with Crippen LogP contribution in [-0.4, -0.2) is 15.0 Å². The Balaban J connectivity index is 2.34. The molecule has 0 saturated heterocycles. The van der Waals surface area contributed by atoms with E-state index in [9.17, 15) is 0 Å². The number of aryl methyl sites for hydroxylation is 1. The van der Waals surface area contributed by atoms with Crippen molar-refractivity contribution in [1.29, 1.82) is 5.26 Å². The summed E-state index contributed by atoms with van der Waals surface area (Å²) in [5, 5.41) is 18.7. The van der Waals surface area contributed by atoms with Crippen molar-refractivity contribution in [2.45, 2.75) is 19.9 Å². The van der Waals surface area contributed by atoms with Crippen molar-refractivity contribution in [2.24, 2.45) is 0 Å². The second-order valence-electron chi connectivity index (χ2n) is 3.07. The van der Waals surface area contributed by atoms with Gasteiger partial charge in [0, 0.05) is 17.8 Å². The predicted molar refractivity (Wildman–Crippen MR) is 57.5 cm³/mol. The maximum Gasteiger partial charge on any atom is 0.186 e. The zero-order valence-electron chi connectivity index (χ0n) is 8.34. The molecule has 2 heterocycles. The van der Waals surface area contributed by atoms with E-state index in [0.717, 1.165) is 18.7 Å². The topological polar surface area (TPSA) is 54.5 Å². The van der Waals surface area contributed by atoms with Crippen LogP contribution in [0.25, 0.3) is 0 Å². The summed E-state index contributed by atoms with van der Waals surface area (Å²) >= 11 is 1.68. The van der Waals surface area contributed by atoms with Gasteiger partial charge in [0.15, 0.2) is 5.69 Å². The SMILES string of the molecule is CCn1nnc(C#N)c1Cc1cccs1. The Labute approximate surface area is 91.8 Å². The second kappa shape index (κ2) is 4.24. The standard InChI is InChI=1S/C10H10N4S/c1-2-14-10(9(7-11)12-13-14)6-8-4-3-5-15-8/h3-5H,2,6H2,1H3. The van der Waals surface area contributed by atoms with E-state index in [2.05, 4.69) is 22.4 Å². The van der Waals surface area contributed by atoms with E-state index >= 15 is 0 Å². The van der Waals surface area contributed by atoms with Crippen molar-refractivity contribution in [3.8, 4) is 6.07 Å². The lowest BCUT2D eigenvalue weighted by atomic mass is 10.2. The number of thiophene rings is 1. The van der Waals surface area contributed by atoms with Crippen LogP contribution in [0, 0.1) is 11.3 Å². The maximum absolute atomic E-state index is 8.89. The largest absolute Gasteiger partial charge is 0.248 e. The zero-order valence-corrected chi connectivity index (χ0v) is 9.16. The molecule has 0 bridgehead atoms. The maximum atomic E-state index is 8.89. The Morgan fingerprint density at radius 3 is 3.07 bits per heavy atom. The third kappa shape index (κ3) is 1.90. The molecule has 5 heteroatoms. The van der Waals surface area contributed by atoms with E-state index in [4.69, 9.17) is 5.26 Å². The highest BCUT2D eigenvalue weighted by atomic mass is 32.1. The van der Waals surface area contributed by atoms with Crippen molar-refractivity contribution < 1.29 is 0 Å². The molecule has 2 rings (SSSR count). The van der Waals surface area contributed by atoms with Crippen LogP contribution in [-0.2, 0) is 13.0 Å². The molecule has 0 fully saturated rings. The first-order valence-corrected chi connectivity index (χ1v) is 5.58. The molecule has 0 aliphatic heterocycles. The highest BCUT2D eigenvalue weighted by molar-refractivity contribution is 7.09. The molecule has 4 nitrogen and oxygen atoms in total. The number of hydrogen-bond acceptors (Lipinski definition) is 4. The highest BCUT2D eigenvalue weighted by Crippen LogP contribution is 2.16. The molecule has 0 amide bonds. The lowest BCUT2D eigenvalue weighted by Crippen LogP contribution is -2.03. The molecule has 0 aliphatic rings. The summed E-state index contributed by atoms with van der Waals surface area (Å²) in [5.74, 6) is 0. The second-order valence-corrected chi connectivity index (χ2v) is 4.10. The van der Waals surface area contributed by atoms with Crippen molar-refractivity contribution >= 4 is 11.3 Å². The van der Waals surface area contributed by atoms with Crippen LogP contribution in [0.5, 0.6) is 0 Å². The van der Waals surface area contributed by atoms with Crippen molar-refractivity contribution in [1.82, 2.24) is 15.0 Å². The number of rotatable bonds is 3. The average molecular weight is 218 g/mol. The van der Waals surface area contributed by atoms with Crippen LogP contribution >= 0.6 is 11.3 Å². The van der Waals surface area contributed by atoms with Crippen molar-refractivity contribution in [2.75, 3.05) is 0 Å². The molecule has 0 spiro atoms. The molecule has 0 atom stereocenters. The molecule has 15 heavy (non-hydrogen) atoms. The minimum atomic E-state index is 0.435. The fourth-order valence-corrected chi connectivity index (χ4v) is 2.14. The van der Waals surface area contributed by atoms with E-state index in [1.807, 2.05) is 18.4 Å². The van der Waals surface area contributed by atoms with E-state index in [0.29, 0.717) is 5.69 Å². The summed E-state index contributed by atoms with van der Waals surface area (Å²) in [6.07, 6.45) is 0.737. The Morgan fingerprint density at radius 1 is 1.60 bits per heavy atom.